The van der Waals surface area contributed by atoms with E-state index in [1.165, 1.54) is 4.90 Å². The third-order valence-corrected chi connectivity index (χ3v) is 2.89. The number of nitrogens with two attached hydrogens (primary N) is 1. The summed E-state index contributed by atoms with van der Waals surface area (Å²) in [4.78, 5) is 15.9. The van der Waals surface area contributed by atoms with Crippen LogP contribution in [0, 0.1) is 5.92 Å². The maximum absolute atomic E-state index is 12.4. The molecular formula is C10H14F3N3OS. The SMILES string of the molecule is CC(C)CN(CC(N)=O)c1nc(C(F)(F)F)cs1. The number of primary amides is 1. The highest BCUT2D eigenvalue weighted by molar-refractivity contribution is 7.13. The summed E-state index contributed by atoms with van der Waals surface area (Å²) in [7, 11) is 0. The van der Waals surface area contributed by atoms with Crippen LogP contribution >= 0.6 is 11.3 Å². The van der Waals surface area contributed by atoms with E-state index >= 15 is 0 Å². The lowest BCUT2D eigenvalue weighted by Gasteiger charge is -2.22. The molecule has 1 amide bonds. The summed E-state index contributed by atoms with van der Waals surface area (Å²) >= 11 is 0.856. The number of nitrogens with zero attached hydrogens (tertiary/aromatic N) is 2. The molecule has 1 aromatic rings. The van der Waals surface area contributed by atoms with Crippen molar-refractivity contribution >= 4 is 22.4 Å². The first-order chi connectivity index (χ1) is 8.20. The lowest BCUT2D eigenvalue weighted by Crippen LogP contribution is -2.36. The van der Waals surface area contributed by atoms with Crippen molar-refractivity contribution in [2.75, 3.05) is 18.0 Å². The molecule has 0 saturated heterocycles. The summed E-state index contributed by atoms with van der Waals surface area (Å²) in [6.07, 6.45) is -4.47. The number of amides is 1. The minimum Gasteiger partial charge on any atom is -0.368 e. The standard InChI is InChI=1S/C10H14F3N3OS/c1-6(2)3-16(4-8(14)17)9-15-7(5-18-9)10(11,12)13/h5-6H,3-4H2,1-2H3,(H2,14,17). The van der Waals surface area contributed by atoms with Crippen molar-refractivity contribution in [3.63, 3.8) is 0 Å². The van der Waals surface area contributed by atoms with Crippen LogP contribution in [0.4, 0.5) is 18.3 Å². The molecule has 2 N–H and O–H groups in total. The molecular weight excluding hydrogens is 267 g/mol. The number of thiazole rings is 1. The van der Waals surface area contributed by atoms with E-state index in [-0.39, 0.29) is 17.6 Å². The fraction of sp³-hybridized carbons (Fsp3) is 0.600. The molecule has 0 bridgehead atoms. The van der Waals surface area contributed by atoms with Crippen molar-refractivity contribution in [2.24, 2.45) is 11.7 Å². The van der Waals surface area contributed by atoms with Gasteiger partial charge in [-0.1, -0.05) is 13.8 Å². The van der Waals surface area contributed by atoms with Crippen LogP contribution in [0.1, 0.15) is 19.5 Å². The van der Waals surface area contributed by atoms with Gasteiger partial charge in [0.05, 0.1) is 6.54 Å². The molecule has 0 saturated carbocycles. The zero-order chi connectivity index (χ0) is 13.9. The van der Waals surface area contributed by atoms with Crippen LogP contribution in [0.25, 0.3) is 0 Å². The first-order valence-electron chi connectivity index (χ1n) is 5.26. The molecule has 0 unspecified atom stereocenters. The van der Waals surface area contributed by atoms with Crippen LogP contribution in [0.5, 0.6) is 0 Å². The molecule has 0 aromatic carbocycles. The number of aromatic nitrogens is 1. The van der Waals surface area contributed by atoms with Crippen LogP contribution in [0.2, 0.25) is 0 Å². The summed E-state index contributed by atoms with van der Waals surface area (Å²) in [6.45, 7) is 4.08. The molecule has 1 rings (SSSR count). The molecule has 8 heteroatoms. The molecule has 0 radical (unpaired) electrons. The number of anilines is 1. The van der Waals surface area contributed by atoms with Gasteiger partial charge < -0.3 is 10.6 Å². The predicted molar refractivity (Wildman–Crippen MR) is 63.4 cm³/mol. The Kier molecular flexibility index (Phi) is 4.55. The molecule has 1 aromatic heterocycles. The Morgan fingerprint density at radius 3 is 2.56 bits per heavy atom. The van der Waals surface area contributed by atoms with Gasteiger partial charge in [-0.2, -0.15) is 13.2 Å². The predicted octanol–water partition coefficient (Wildman–Crippen LogP) is 2.11. The second-order valence-electron chi connectivity index (χ2n) is 4.25. The van der Waals surface area contributed by atoms with Crippen molar-refractivity contribution in [1.29, 1.82) is 0 Å². The average Bonchev–Trinajstić information content (AvgIpc) is 2.62. The molecule has 18 heavy (non-hydrogen) atoms. The van der Waals surface area contributed by atoms with Gasteiger partial charge in [-0.3, -0.25) is 4.79 Å². The molecule has 4 nitrogen and oxygen atoms in total. The largest absolute Gasteiger partial charge is 0.434 e. The highest BCUT2D eigenvalue weighted by Crippen LogP contribution is 2.33. The second kappa shape index (κ2) is 5.55. The van der Waals surface area contributed by atoms with Crippen LogP contribution < -0.4 is 10.6 Å². The van der Waals surface area contributed by atoms with E-state index in [9.17, 15) is 18.0 Å². The molecule has 0 aliphatic heterocycles. The van der Waals surface area contributed by atoms with Crippen molar-refractivity contribution in [3.8, 4) is 0 Å². The summed E-state index contributed by atoms with van der Waals surface area (Å²) in [5, 5.41) is 1.10. The van der Waals surface area contributed by atoms with Crippen LogP contribution in [-0.4, -0.2) is 24.0 Å². The Labute approximate surface area is 107 Å². The smallest absolute Gasteiger partial charge is 0.368 e. The Bertz CT molecular complexity index is 417. The normalized spacial score (nSPS) is 11.9. The Hall–Kier alpha value is -1.31. The lowest BCUT2D eigenvalue weighted by atomic mass is 10.2. The van der Waals surface area contributed by atoms with Crippen molar-refractivity contribution < 1.29 is 18.0 Å². The fourth-order valence-electron chi connectivity index (χ4n) is 1.38. The van der Waals surface area contributed by atoms with Gasteiger partial charge in [0, 0.05) is 11.9 Å². The number of carbonyl (C=O) groups is 1. The molecule has 0 spiro atoms. The van der Waals surface area contributed by atoms with Gasteiger partial charge in [0.15, 0.2) is 10.8 Å². The van der Waals surface area contributed by atoms with E-state index in [1.54, 1.807) is 0 Å². The summed E-state index contributed by atoms with van der Waals surface area (Å²) in [5.41, 5.74) is 4.13. The summed E-state index contributed by atoms with van der Waals surface area (Å²) < 4.78 is 37.3. The van der Waals surface area contributed by atoms with Gasteiger partial charge >= 0.3 is 6.18 Å². The zero-order valence-corrected chi connectivity index (χ0v) is 10.8. The molecule has 1 heterocycles. The van der Waals surface area contributed by atoms with E-state index in [1.807, 2.05) is 13.8 Å². The molecule has 0 fully saturated rings. The Morgan fingerprint density at radius 2 is 2.17 bits per heavy atom. The maximum atomic E-state index is 12.4. The van der Waals surface area contributed by atoms with Crippen LogP contribution in [0.15, 0.2) is 5.38 Å². The summed E-state index contributed by atoms with van der Waals surface area (Å²) in [6, 6.07) is 0. The van der Waals surface area contributed by atoms with Gasteiger partial charge in [-0.15, -0.1) is 11.3 Å². The molecule has 102 valence electrons. The first kappa shape index (κ1) is 14.7. The van der Waals surface area contributed by atoms with Crippen molar-refractivity contribution in [3.05, 3.63) is 11.1 Å². The number of rotatable bonds is 5. The van der Waals surface area contributed by atoms with Gasteiger partial charge in [0.2, 0.25) is 5.91 Å². The molecule has 0 atom stereocenters. The Morgan fingerprint density at radius 1 is 1.56 bits per heavy atom. The zero-order valence-electron chi connectivity index (χ0n) is 9.99. The number of alkyl halides is 3. The van der Waals surface area contributed by atoms with Gasteiger partial charge in [-0.05, 0) is 5.92 Å². The number of halogens is 3. The van der Waals surface area contributed by atoms with Crippen molar-refractivity contribution in [1.82, 2.24) is 4.98 Å². The van der Waals surface area contributed by atoms with Crippen LogP contribution in [-0.2, 0) is 11.0 Å². The van der Waals surface area contributed by atoms with E-state index in [4.69, 9.17) is 5.73 Å². The molecule has 0 aliphatic rings. The van der Waals surface area contributed by atoms with E-state index in [0.717, 1.165) is 16.7 Å². The third-order valence-electron chi connectivity index (χ3n) is 1.99. The number of carbonyl (C=O) groups excluding carboxylic acids is 1. The van der Waals surface area contributed by atoms with E-state index in [0.29, 0.717) is 6.54 Å². The van der Waals surface area contributed by atoms with Gasteiger partial charge in [0.25, 0.3) is 0 Å². The third kappa shape index (κ3) is 4.17. The monoisotopic (exact) mass is 281 g/mol. The minimum atomic E-state index is -4.47. The van der Waals surface area contributed by atoms with E-state index in [2.05, 4.69) is 4.98 Å². The number of hydrogen-bond acceptors (Lipinski definition) is 4. The van der Waals surface area contributed by atoms with Gasteiger partial charge in [0.1, 0.15) is 0 Å². The quantitative estimate of drug-likeness (QED) is 0.899. The van der Waals surface area contributed by atoms with Crippen LogP contribution in [0.3, 0.4) is 0 Å². The fourth-order valence-corrected chi connectivity index (χ4v) is 2.22. The Balaban J connectivity index is 2.91. The lowest BCUT2D eigenvalue weighted by molar-refractivity contribution is -0.140. The number of hydrogen-bond donors (Lipinski definition) is 1. The summed E-state index contributed by atoms with van der Waals surface area (Å²) in [5.74, 6) is -0.415. The average molecular weight is 281 g/mol. The second-order valence-corrected chi connectivity index (χ2v) is 5.09. The maximum Gasteiger partial charge on any atom is 0.434 e. The highest BCUT2D eigenvalue weighted by atomic mass is 32.1. The highest BCUT2D eigenvalue weighted by Gasteiger charge is 2.34. The minimum absolute atomic E-state index is 0.136. The first-order valence-corrected chi connectivity index (χ1v) is 6.14. The van der Waals surface area contributed by atoms with Crippen molar-refractivity contribution in [2.45, 2.75) is 20.0 Å². The van der Waals surface area contributed by atoms with Gasteiger partial charge in [-0.25, -0.2) is 4.98 Å². The topological polar surface area (TPSA) is 59.2 Å². The molecule has 0 aliphatic carbocycles. The van der Waals surface area contributed by atoms with E-state index < -0.39 is 17.8 Å².